The lowest BCUT2D eigenvalue weighted by Crippen LogP contribution is -2.60. The molecule has 5 heteroatoms. The maximum Gasteiger partial charge on any atom is 0.306 e. The average molecular weight is 284 g/mol. The molecule has 3 saturated heterocycles. The van der Waals surface area contributed by atoms with Crippen molar-refractivity contribution in [1.82, 2.24) is 0 Å². The number of carbonyl (C=O) groups is 1. The first-order valence-corrected chi connectivity index (χ1v) is 7.61. The van der Waals surface area contributed by atoms with Gasteiger partial charge in [-0.25, -0.2) is 9.78 Å². The van der Waals surface area contributed by atoms with Crippen LogP contribution in [-0.2, 0) is 19.3 Å². The number of fused-ring (bicyclic) bond motifs is 3. The summed E-state index contributed by atoms with van der Waals surface area (Å²) in [7, 11) is 0. The molecule has 3 heterocycles. The molecule has 4 rings (SSSR count). The maximum atomic E-state index is 11.4. The van der Waals surface area contributed by atoms with Crippen LogP contribution in [0.1, 0.15) is 46.5 Å². The normalized spacial score (nSPS) is 49.2. The van der Waals surface area contributed by atoms with Gasteiger partial charge in [0.1, 0.15) is 5.60 Å². The van der Waals surface area contributed by atoms with Gasteiger partial charge in [0.15, 0.2) is 5.79 Å². The van der Waals surface area contributed by atoms with Crippen molar-refractivity contribution in [2.75, 3.05) is 6.61 Å². The Bertz CT molecular complexity index is 399. The number of hydrogen-bond donors (Lipinski definition) is 1. The van der Waals surface area contributed by atoms with Crippen LogP contribution in [0.3, 0.4) is 0 Å². The quantitative estimate of drug-likeness (QED) is 0.790. The van der Waals surface area contributed by atoms with Gasteiger partial charge in [-0.3, -0.25) is 4.79 Å². The van der Waals surface area contributed by atoms with Gasteiger partial charge < -0.3 is 9.84 Å². The maximum absolute atomic E-state index is 11.4. The summed E-state index contributed by atoms with van der Waals surface area (Å²) in [5, 5.41) is 9.40. The van der Waals surface area contributed by atoms with E-state index < -0.39 is 23.3 Å². The lowest BCUT2D eigenvalue weighted by molar-refractivity contribution is -0.516. The molecule has 20 heavy (non-hydrogen) atoms. The second-order valence-corrected chi connectivity index (χ2v) is 6.98. The van der Waals surface area contributed by atoms with Crippen molar-refractivity contribution < 1.29 is 24.4 Å². The Morgan fingerprint density at radius 1 is 1.30 bits per heavy atom. The van der Waals surface area contributed by atoms with Crippen LogP contribution in [-0.4, -0.2) is 29.1 Å². The van der Waals surface area contributed by atoms with E-state index in [4.69, 9.17) is 14.5 Å². The molecule has 6 atom stereocenters. The van der Waals surface area contributed by atoms with Crippen LogP contribution in [0.5, 0.6) is 0 Å². The van der Waals surface area contributed by atoms with Crippen molar-refractivity contribution in [1.29, 1.82) is 0 Å². The highest BCUT2D eigenvalue weighted by atomic mass is 17.2. The first-order valence-electron chi connectivity index (χ1n) is 7.61. The minimum atomic E-state index is -0.765. The van der Waals surface area contributed by atoms with Gasteiger partial charge in [-0.1, -0.05) is 13.8 Å². The fourth-order valence-electron chi connectivity index (χ4n) is 4.37. The van der Waals surface area contributed by atoms with E-state index in [0.717, 1.165) is 25.7 Å². The fourth-order valence-corrected chi connectivity index (χ4v) is 4.37. The largest absolute Gasteiger partial charge is 0.481 e. The van der Waals surface area contributed by atoms with Crippen LogP contribution in [0.2, 0.25) is 0 Å². The van der Waals surface area contributed by atoms with Crippen LogP contribution in [0, 0.1) is 23.7 Å². The first kappa shape index (κ1) is 14.3. The molecule has 4 aliphatic rings. The van der Waals surface area contributed by atoms with Gasteiger partial charge >= 0.3 is 5.97 Å². The van der Waals surface area contributed by atoms with Crippen LogP contribution in [0.25, 0.3) is 0 Å². The molecular formula is C15H24O5. The molecule has 0 amide bonds. The van der Waals surface area contributed by atoms with Crippen molar-refractivity contribution in [3.8, 4) is 0 Å². The summed E-state index contributed by atoms with van der Waals surface area (Å²) in [6.07, 6.45) is 3.68. The summed E-state index contributed by atoms with van der Waals surface area (Å²) in [5.74, 6) is -1.10. The Kier molecular flexibility index (Phi) is 3.35. The van der Waals surface area contributed by atoms with Gasteiger partial charge in [0, 0.05) is 12.3 Å². The van der Waals surface area contributed by atoms with Gasteiger partial charge in [-0.2, -0.15) is 0 Å². The summed E-state index contributed by atoms with van der Waals surface area (Å²) < 4.78 is 5.92. The molecule has 1 N–H and O–H groups in total. The zero-order valence-corrected chi connectivity index (χ0v) is 12.4. The second kappa shape index (κ2) is 4.68. The Morgan fingerprint density at radius 2 is 2.05 bits per heavy atom. The fraction of sp³-hybridized carbons (Fsp3) is 0.933. The summed E-state index contributed by atoms with van der Waals surface area (Å²) >= 11 is 0. The highest BCUT2D eigenvalue weighted by Crippen LogP contribution is 2.55. The van der Waals surface area contributed by atoms with Crippen LogP contribution in [0.15, 0.2) is 0 Å². The standard InChI is InChI=1S/C15H24O5/c1-9-4-5-12(10(2)13(16)17)15-8-18-14(3,19-20-15)7-6-11(9)15/h9-12H,4-8H2,1-3H3,(H,16,17)/t9-,10-,11+,12+,14-,15-/m1/s1. The van der Waals surface area contributed by atoms with Crippen LogP contribution < -0.4 is 0 Å². The van der Waals surface area contributed by atoms with E-state index in [0.29, 0.717) is 18.4 Å². The van der Waals surface area contributed by atoms with Crippen molar-refractivity contribution in [3.05, 3.63) is 0 Å². The van der Waals surface area contributed by atoms with Crippen molar-refractivity contribution in [3.63, 3.8) is 0 Å². The lowest BCUT2D eigenvalue weighted by atomic mass is 9.60. The predicted octanol–water partition coefficient (Wildman–Crippen LogP) is 2.60. The molecule has 0 aromatic rings. The number of hydrogen-bond acceptors (Lipinski definition) is 4. The van der Waals surface area contributed by atoms with Gasteiger partial charge in [0.2, 0.25) is 0 Å². The number of aliphatic carboxylic acids is 1. The van der Waals surface area contributed by atoms with E-state index in [1.807, 2.05) is 6.92 Å². The summed E-state index contributed by atoms with van der Waals surface area (Å²) in [4.78, 5) is 22.8. The van der Waals surface area contributed by atoms with E-state index in [9.17, 15) is 9.90 Å². The highest BCUT2D eigenvalue weighted by molar-refractivity contribution is 5.70. The molecule has 1 spiro atoms. The highest BCUT2D eigenvalue weighted by Gasteiger charge is 2.61. The third-order valence-corrected chi connectivity index (χ3v) is 5.75. The van der Waals surface area contributed by atoms with Crippen LogP contribution in [0.4, 0.5) is 0 Å². The topological polar surface area (TPSA) is 65.0 Å². The number of ether oxygens (including phenoxy) is 1. The molecule has 1 saturated carbocycles. The van der Waals surface area contributed by atoms with E-state index in [1.54, 1.807) is 6.92 Å². The van der Waals surface area contributed by atoms with Crippen LogP contribution >= 0.6 is 0 Å². The van der Waals surface area contributed by atoms with Gasteiger partial charge in [-0.05, 0) is 38.0 Å². The van der Waals surface area contributed by atoms with E-state index in [-0.39, 0.29) is 5.92 Å². The van der Waals surface area contributed by atoms with Gasteiger partial charge in [0.05, 0.1) is 12.5 Å². The number of rotatable bonds is 2. The third-order valence-electron chi connectivity index (χ3n) is 5.75. The van der Waals surface area contributed by atoms with E-state index >= 15 is 0 Å². The minimum absolute atomic E-state index is 0.0520. The zero-order valence-electron chi connectivity index (χ0n) is 12.4. The molecule has 0 aromatic carbocycles. The molecule has 0 aromatic heterocycles. The molecule has 114 valence electrons. The molecule has 1 aliphatic carbocycles. The Hall–Kier alpha value is -0.650. The Balaban J connectivity index is 1.97. The Morgan fingerprint density at radius 3 is 2.65 bits per heavy atom. The molecule has 5 nitrogen and oxygen atoms in total. The van der Waals surface area contributed by atoms with E-state index in [2.05, 4.69) is 6.92 Å². The monoisotopic (exact) mass is 284 g/mol. The van der Waals surface area contributed by atoms with Crippen molar-refractivity contribution in [2.24, 2.45) is 23.7 Å². The van der Waals surface area contributed by atoms with E-state index in [1.165, 1.54) is 0 Å². The molecule has 0 radical (unpaired) electrons. The second-order valence-electron chi connectivity index (χ2n) is 6.98. The predicted molar refractivity (Wildman–Crippen MR) is 70.7 cm³/mol. The first-order chi connectivity index (χ1) is 9.38. The van der Waals surface area contributed by atoms with Crippen molar-refractivity contribution in [2.45, 2.75) is 57.8 Å². The Labute approximate surface area is 119 Å². The van der Waals surface area contributed by atoms with Gasteiger partial charge in [-0.15, -0.1) is 0 Å². The summed E-state index contributed by atoms with van der Waals surface area (Å²) in [5.41, 5.74) is -0.592. The molecule has 4 fully saturated rings. The summed E-state index contributed by atoms with van der Waals surface area (Å²) in [6.45, 7) is 6.35. The molecular weight excluding hydrogens is 260 g/mol. The third kappa shape index (κ3) is 1.98. The molecule has 2 bridgehead atoms. The SMILES string of the molecule is C[C@@H]1CC[C@@H]([C@@H](C)C(=O)O)[C@@]23CO[C@@](C)(CC[C@@H]12)OO3. The van der Waals surface area contributed by atoms with Crippen molar-refractivity contribution >= 4 is 5.97 Å². The summed E-state index contributed by atoms with van der Waals surface area (Å²) in [6, 6.07) is 0. The molecule has 3 aliphatic heterocycles. The lowest BCUT2D eigenvalue weighted by Gasteiger charge is -2.52. The number of carboxylic acids is 1. The van der Waals surface area contributed by atoms with Gasteiger partial charge in [0.25, 0.3) is 0 Å². The zero-order chi connectivity index (χ0) is 14.5. The average Bonchev–Trinajstić information content (AvgIpc) is 2.65. The molecule has 0 unspecified atom stereocenters. The smallest absolute Gasteiger partial charge is 0.306 e. The number of carboxylic acid groups (broad SMARTS) is 1. The minimum Gasteiger partial charge on any atom is -0.481 e.